The van der Waals surface area contributed by atoms with Crippen molar-refractivity contribution in [1.29, 1.82) is 0 Å². The summed E-state index contributed by atoms with van der Waals surface area (Å²) in [6, 6.07) is 5.34. The second-order valence-corrected chi connectivity index (χ2v) is 3.48. The van der Waals surface area contributed by atoms with Gasteiger partial charge in [0.05, 0.1) is 11.7 Å². The third-order valence-corrected chi connectivity index (χ3v) is 2.24. The van der Waals surface area contributed by atoms with Crippen LogP contribution in [0.25, 0.3) is 11.0 Å². The maximum atomic E-state index is 10.5. The third kappa shape index (κ3) is 1.83. The molecule has 0 fully saturated rings. The molecule has 0 radical (unpaired) electrons. The van der Waals surface area contributed by atoms with E-state index < -0.39 is 5.24 Å². The second kappa shape index (κ2) is 3.89. The molecule has 0 aliphatic heterocycles. The average molecular weight is 229 g/mol. The Kier molecular flexibility index (Phi) is 2.60. The highest BCUT2D eigenvalue weighted by Crippen LogP contribution is 2.23. The number of benzene rings is 1. The predicted molar refractivity (Wildman–Crippen MR) is 53.8 cm³/mol. The minimum Gasteiger partial charge on any atom is -0.482 e. The van der Waals surface area contributed by atoms with Crippen LogP contribution in [0.3, 0.4) is 0 Å². The van der Waals surface area contributed by atoms with Crippen molar-refractivity contribution in [2.24, 2.45) is 0 Å². The van der Waals surface area contributed by atoms with Gasteiger partial charge in [-0.2, -0.15) is 8.75 Å². The molecule has 0 bridgehead atoms. The fourth-order valence-electron chi connectivity index (χ4n) is 1.03. The van der Waals surface area contributed by atoms with E-state index in [-0.39, 0.29) is 6.61 Å². The molecule has 0 amide bonds. The Labute approximate surface area is 88.8 Å². The van der Waals surface area contributed by atoms with Gasteiger partial charge in [-0.15, -0.1) is 0 Å². The molecule has 0 atom stereocenters. The standard InChI is InChI=1S/C8H5ClN2O2S/c9-7(12)4-13-6-3-1-2-5-8(6)11-14-10-5/h1-3H,4H2. The number of nitrogens with zero attached hydrogens (tertiary/aromatic N) is 2. The Morgan fingerprint density at radius 3 is 3.14 bits per heavy atom. The SMILES string of the molecule is O=C(Cl)COc1cccc2nsnc12. The number of halogens is 1. The number of carbonyl (C=O) groups is 1. The topological polar surface area (TPSA) is 52.1 Å². The molecule has 14 heavy (non-hydrogen) atoms. The number of ether oxygens (including phenoxy) is 1. The van der Waals surface area contributed by atoms with E-state index in [9.17, 15) is 4.79 Å². The van der Waals surface area contributed by atoms with Gasteiger partial charge >= 0.3 is 0 Å². The van der Waals surface area contributed by atoms with E-state index in [1.54, 1.807) is 12.1 Å². The quantitative estimate of drug-likeness (QED) is 0.753. The molecule has 2 aromatic rings. The molecule has 4 nitrogen and oxygen atoms in total. The normalized spacial score (nSPS) is 10.4. The van der Waals surface area contributed by atoms with Crippen LogP contribution in [-0.4, -0.2) is 20.6 Å². The molecule has 0 aliphatic rings. The highest BCUT2D eigenvalue weighted by molar-refractivity contribution is 7.00. The Hall–Kier alpha value is -1.20. The molecule has 6 heteroatoms. The van der Waals surface area contributed by atoms with Crippen LogP contribution >= 0.6 is 23.3 Å². The number of carbonyl (C=O) groups excluding carboxylic acids is 1. The van der Waals surface area contributed by atoms with Crippen LogP contribution in [0.1, 0.15) is 0 Å². The van der Waals surface area contributed by atoms with Crippen LogP contribution in [0.4, 0.5) is 0 Å². The molecule has 1 aromatic heterocycles. The van der Waals surface area contributed by atoms with Crippen molar-refractivity contribution in [3.8, 4) is 5.75 Å². The van der Waals surface area contributed by atoms with Crippen molar-refractivity contribution in [1.82, 2.24) is 8.75 Å². The Morgan fingerprint density at radius 1 is 1.50 bits per heavy atom. The first-order valence-corrected chi connectivity index (χ1v) is 4.90. The summed E-state index contributed by atoms with van der Waals surface area (Å²) in [7, 11) is 0. The molecule has 2 rings (SSSR count). The summed E-state index contributed by atoms with van der Waals surface area (Å²) < 4.78 is 13.2. The fourth-order valence-corrected chi connectivity index (χ4v) is 1.63. The average Bonchev–Trinajstić information content (AvgIpc) is 2.62. The van der Waals surface area contributed by atoms with Crippen LogP contribution in [-0.2, 0) is 4.79 Å². The van der Waals surface area contributed by atoms with Crippen molar-refractivity contribution >= 4 is 39.6 Å². The molecular weight excluding hydrogens is 224 g/mol. The number of fused-ring (bicyclic) bond motifs is 1. The van der Waals surface area contributed by atoms with Crippen molar-refractivity contribution in [2.45, 2.75) is 0 Å². The van der Waals surface area contributed by atoms with Gasteiger partial charge in [0.2, 0.25) is 0 Å². The first-order chi connectivity index (χ1) is 6.77. The van der Waals surface area contributed by atoms with Crippen molar-refractivity contribution in [3.63, 3.8) is 0 Å². The summed E-state index contributed by atoms with van der Waals surface area (Å²) in [6.07, 6.45) is 0. The molecule has 0 saturated heterocycles. The van der Waals surface area contributed by atoms with Crippen LogP contribution in [0.15, 0.2) is 18.2 Å². The minimum absolute atomic E-state index is 0.155. The van der Waals surface area contributed by atoms with E-state index in [0.717, 1.165) is 17.2 Å². The van der Waals surface area contributed by atoms with Gasteiger partial charge in [-0.05, 0) is 23.7 Å². The van der Waals surface area contributed by atoms with Gasteiger partial charge in [-0.25, -0.2) is 0 Å². The molecule has 72 valence electrons. The van der Waals surface area contributed by atoms with Crippen molar-refractivity contribution in [3.05, 3.63) is 18.2 Å². The molecule has 0 spiro atoms. The number of rotatable bonds is 3. The monoisotopic (exact) mass is 228 g/mol. The summed E-state index contributed by atoms with van der Waals surface area (Å²) in [5.74, 6) is 0.533. The van der Waals surface area contributed by atoms with E-state index in [2.05, 4.69) is 8.75 Å². The van der Waals surface area contributed by atoms with Gasteiger partial charge in [0, 0.05) is 0 Å². The van der Waals surface area contributed by atoms with Gasteiger partial charge < -0.3 is 4.74 Å². The molecule has 0 N–H and O–H groups in total. The molecule has 1 aromatic carbocycles. The molecule has 0 aliphatic carbocycles. The van der Waals surface area contributed by atoms with Crippen LogP contribution in [0.5, 0.6) is 5.75 Å². The first kappa shape index (κ1) is 9.36. The van der Waals surface area contributed by atoms with Gasteiger partial charge in [-0.1, -0.05) is 6.07 Å². The highest BCUT2D eigenvalue weighted by Gasteiger charge is 2.06. The van der Waals surface area contributed by atoms with E-state index in [1.165, 1.54) is 0 Å². The lowest BCUT2D eigenvalue weighted by molar-refractivity contribution is -0.113. The number of aromatic nitrogens is 2. The van der Waals surface area contributed by atoms with Gasteiger partial charge in [-0.3, -0.25) is 4.79 Å². The maximum absolute atomic E-state index is 10.5. The van der Waals surface area contributed by atoms with Crippen LogP contribution in [0.2, 0.25) is 0 Å². The summed E-state index contributed by atoms with van der Waals surface area (Å²) in [6.45, 7) is -0.155. The van der Waals surface area contributed by atoms with E-state index in [4.69, 9.17) is 16.3 Å². The summed E-state index contributed by atoms with van der Waals surface area (Å²) >= 11 is 6.26. The zero-order valence-corrected chi connectivity index (χ0v) is 8.51. The van der Waals surface area contributed by atoms with Gasteiger partial charge in [0.25, 0.3) is 5.24 Å². The second-order valence-electron chi connectivity index (χ2n) is 2.53. The number of hydrogen-bond donors (Lipinski definition) is 0. The van der Waals surface area contributed by atoms with Crippen LogP contribution in [0, 0.1) is 0 Å². The largest absolute Gasteiger partial charge is 0.482 e. The Bertz CT molecular complexity index is 471. The fraction of sp³-hybridized carbons (Fsp3) is 0.125. The van der Waals surface area contributed by atoms with Crippen molar-refractivity contribution < 1.29 is 9.53 Å². The lowest BCUT2D eigenvalue weighted by Crippen LogP contribution is -2.04. The van der Waals surface area contributed by atoms with Gasteiger partial charge in [0.1, 0.15) is 16.8 Å². The smallest absolute Gasteiger partial charge is 0.259 e. The summed E-state index contributed by atoms with van der Waals surface area (Å²) in [5, 5.41) is -0.537. The van der Waals surface area contributed by atoms with E-state index in [0.29, 0.717) is 11.3 Å². The Morgan fingerprint density at radius 2 is 2.36 bits per heavy atom. The first-order valence-electron chi connectivity index (χ1n) is 3.80. The molecular formula is C8H5ClN2O2S. The molecule has 0 saturated carbocycles. The lowest BCUT2D eigenvalue weighted by Gasteiger charge is -2.01. The van der Waals surface area contributed by atoms with Crippen molar-refractivity contribution in [2.75, 3.05) is 6.61 Å². The zero-order chi connectivity index (χ0) is 9.97. The summed E-state index contributed by atoms with van der Waals surface area (Å²) in [5.41, 5.74) is 1.42. The predicted octanol–water partition coefficient (Wildman–Crippen LogP) is 1.84. The zero-order valence-electron chi connectivity index (χ0n) is 6.94. The van der Waals surface area contributed by atoms with E-state index in [1.807, 2.05) is 6.07 Å². The molecule has 1 heterocycles. The minimum atomic E-state index is -0.537. The Balaban J connectivity index is 2.32. The highest BCUT2D eigenvalue weighted by atomic mass is 35.5. The number of hydrogen-bond acceptors (Lipinski definition) is 5. The maximum Gasteiger partial charge on any atom is 0.259 e. The van der Waals surface area contributed by atoms with Gasteiger partial charge in [0.15, 0.2) is 6.61 Å². The lowest BCUT2D eigenvalue weighted by atomic mass is 10.3. The summed E-state index contributed by atoms with van der Waals surface area (Å²) in [4.78, 5) is 10.5. The molecule has 0 unspecified atom stereocenters. The van der Waals surface area contributed by atoms with Crippen LogP contribution < -0.4 is 4.74 Å². The van der Waals surface area contributed by atoms with E-state index >= 15 is 0 Å². The third-order valence-electron chi connectivity index (χ3n) is 1.59.